The Bertz CT molecular complexity index is 1330. The molecule has 39 heavy (non-hydrogen) atoms. The second-order valence-corrected chi connectivity index (χ2v) is 12.0. The first-order chi connectivity index (χ1) is 18.5. The number of rotatable bonds is 12. The zero-order valence-electron chi connectivity index (χ0n) is 20.7. The number of nitrogens with zero attached hydrogens (tertiary/aromatic N) is 4. The molecule has 0 spiro atoms. The van der Waals surface area contributed by atoms with Crippen molar-refractivity contribution < 1.29 is 27.0 Å². The van der Waals surface area contributed by atoms with Gasteiger partial charge in [0.25, 0.3) is 0 Å². The summed E-state index contributed by atoms with van der Waals surface area (Å²) in [5, 5.41) is 7.77. The lowest BCUT2D eigenvalue weighted by molar-refractivity contribution is -0.0928. The summed E-state index contributed by atoms with van der Waals surface area (Å²) < 4.78 is 70.4. The highest BCUT2D eigenvalue weighted by molar-refractivity contribution is 14.1. The van der Waals surface area contributed by atoms with Gasteiger partial charge in [0.15, 0.2) is 5.60 Å². The maximum atomic E-state index is 16.9. The molecule has 2 unspecified atom stereocenters. The highest BCUT2D eigenvalue weighted by Crippen LogP contribution is 2.52. The van der Waals surface area contributed by atoms with Gasteiger partial charge < -0.3 is 12.6 Å². The second-order valence-electron chi connectivity index (χ2n) is 8.13. The zero-order chi connectivity index (χ0) is 28.6. The van der Waals surface area contributed by atoms with Crippen LogP contribution in [0.3, 0.4) is 0 Å². The van der Waals surface area contributed by atoms with Crippen LogP contribution in [0.5, 0.6) is 5.75 Å². The fourth-order valence-electron chi connectivity index (χ4n) is 3.60. The number of halogens is 7. The van der Waals surface area contributed by atoms with Gasteiger partial charge in [-0.25, -0.2) is 17.6 Å². The molecule has 0 aliphatic rings. The molecule has 0 radical (unpaired) electrons. The number of aromatic nitrogens is 1. The van der Waals surface area contributed by atoms with Gasteiger partial charge in [-0.2, -0.15) is 5.10 Å². The molecule has 3 rings (SSSR count). The standard InChI is InChI=1S/C26H23F4I3N4O2/c1-3-10-35-36-16-37(33)15-25(38-2,21-8-6-18(27)11-22(21)29)26(30,32)24-9-7-20(13-34-24)39-14-17-4-5-19(28)12-23(17)31/h4-13,16H,3,14-15H2,1-2H3/b35-10+,36-16-. The Morgan fingerprint density at radius 2 is 1.77 bits per heavy atom. The molecule has 6 nitrogen and oxygen atoms in total. The van der Waals surface area contributed by atoms with E-state index >= 15 is 8.78 Å². The maximum absolute atomic E-state index is 16.9. The summed E-state index contributed by atoms with van der Waals surface area (Å²) in [6, 6.07) is 10.1. The predicted molar refractivity (Wildman–Crippen MR) is 168 cm³/mol. The minimum Gasteiger partial charge on any atom is -0.487 e. The lowest BCUT2D eigenvalue weighted by atomic mass is 9.86. The summed E-state index contributed by atoms with van der Waals surface area (Å²) in [6.07, 6.45) is 4.95. The number of hydrogen-bond acceptors (Lipinski definition) is 5. The highest BCUT2D eigenvalue weighted by Gasteiger charge is 2.57. The fourth-order valence-corrected chi connectivity index (χ4v) is 5.82. The van der Waals surface area contributed by atoms with Crippen molar-refractivity contribution in [2.75, 3.05) is 13.7 Å². The molecule has 0 N–H and O–H groups in total. The molecule has 3 aromatic rings. The van der Waals surface area contributed by atoms with E-state index in [9.17, 15) is 8.78 Å². The molecule has 0 saturated carbocycles. The van der Waals surface area contributed by atoms with E-state index in [2.05, 4.69) is 15.2 Å². The van der Waals surface area contributed by atoms with Gasteiger partial charge in [-0.3, -0.25) is 4.98 Å². The average molecular weight is 880 g/mol. The summed E-state index contributed by atoms with van der Waals surface area (Å²) in [6.45, 7) is 1.81. The van der Waals surface area contributed by atoms with E-state index in [1.54, 1.807) is 12.3 Å². The van der Waals surface area contributed by atoms with Crippen molar-refractivity contribution in [2.24, 2.45) is 10.2 Å². The van der Waals surface area contributed by atoms with Crippen molar-refractivity contribution in [3.8, 4) is 5.75 Å². The van der Waals surface area contributed by atoms with Gasteiger partial charge in [0, 0.05) is 34.1 Å². The van der Waals surface area contributed by atoms with Crippen molar-refractivity contribution in [1.82, 2.24) is 8.10 Å². The minimum atomic E-state index is -2.45. The molecule has 2 aromatic carbocycles. The molecule has 0 aliphatic heterocycles. The van der Waals surface area contributed by atoms with E-state index in [0.717, 1.165) is 17.7 Å². The molecule has 13 heteroatoms. The monoisotopic (exact) mass is 880 g/mol. The lowest BCUT2D eigenvalue weighted by Gasteiger charge is -2.42. The van der Waals surface area contributed by atoms with Crippen molar-refractivity contribution in [1.29, 1.82) is 0 Å². The quantitative estimate of drug-likeness (QED) is 0.0354. The molecule has 208 valence electrons. The molecule has 1 heterocycles. The number of methoxy groups -OCH3 is 1. The Morgan fingerprint density at radius 1 is 1.05 bits per heavy atom. The number of alkyl halides is 2. The summed E-state index contributed by atoms with van der Waals surface area (Å²) in [7, 11) is 1.24. The van der Waals surface area contributed by atoms with E-state index in [-0.39, 0.29) is 30.2 Å². The highest BCUT2D eigenvalue weighted by atomic mass is 127. The smallest absolute Gasteiger partial charge is 0.237 e. The second kappa shape index (κ2) is 14.3. The van der Waals surface area contributed by atoms with Crippen molar-refractivity contribution in [3.63, 3.8) is 0 Å². The van der Waals surface area contributed by atoms with Crippen molar-refractivity contribution >= 4 is 80.6 Å². The van der Waals surface area contributed by atoms with Crippen LogP contribution in [-0.4, -0.2) is 34.3 Å². The largest absolute Gasteiger partial charge is 0.487 e. The zero-order valence-corrected chi connectivity index (χ0v) is 27.2. The third kappa shape index (κ3) is 7.78. The topological polar surface area (TPSA) is 59.3 Å². The Labute approximate surface area is 265 Å². The van der Waals surface area contributed by atoms with Gasteiger partial charge in [0.2, 0.25) is 3.68 Å². The summed E-state index contributed by atoms with van der Waals surface area (Å²) >= 11 is 5.41. The van der Waals surface area contributed by atoms with Crippen LogP contribution in [0, 0.1) is 21.0 Å². The molecular formula is C26H23F4I3N4O2. The number of pyridine rings is 1. The van der Waals surface area contributed by atoms with Crippen LogP contribution in [0.15, 0.2) is 64.9 Å². The van der Waals surface area contributed by atoms with E-state index in [1.165, 1.54) is 69.6 Å². The van der Waals surface area contributed by atoms with Gasteiger partial charge in [-0.15, -0.1) is 5.10 Å². The number of hydrogen-bond donors (Lipinski definition) is 0. The van der Waals surface area contributed by atoms with Gasteiger partial charge in [-0.05, 0) is 81.9 Å². The number of ether oxygens (including phenoxy) is 2. The van der Waals surface area contributed by atoms with Gasteiger partial charge >= 0.3 is 0 Å². The van der Waals surface area contributed by atoms with Crippen LogP contribution in [0.1, 0.15) is 30.2 Å². The Hall–Kier alpha value is -1.60. The summed E-state index contributed by atoms with van der Waals surface area (Å²) in [5.41, 5.74) is -1.51. The Kier molecular flexibility index (Phi) is 11.7. The van der Waals surface area contributed by atoms with Crippen LogP contribution in [0.4, 0.5) is 17.6 Å². The third-order valence-corrected chi connectivity index (χ3v) is 8.59. The first-order valence-electron chi connectivity index (χ1n) is 11.4. The molecule has 0 aliphatic carbocycles. The van der Waals surface area contributed by atoms with Crippen LogP contribution in [0.25, 0.3) is 0 Å². The number of benzene rings is 2. The Morgan fingerprint density at radius 3 is 2.38 bits per heavy atom. The SMILES string of the molecule is CC/C=N/N=C\N(I)CC(OC)(c1ccc(F)cc1F)C(F)(I)c1ccc(OCc2ccc(F)cc2I)cn1. The molecule has 0 bridgehead atoms. The van der Waals surface area contributed by atoms with Gasteiger partial charge in [-0.1, -0.05) is 19.1 Å². The van der Waals surface area contributed by atoms with Crippen LogP contribution >= 0.6 is 68.0 Å². The summed E-state index contributed by atoms with van der Waals surface area (Å²) in [5.74, 6) is -1.79. The first-order valence-corrected chi connectivity index (χ1v) is 14.6. The van der Waals surface area contributed by atoms with Crippen molar-refractivity contribution in [2.45, 2.75) is 29.2 Å². The van der Waals surface area contributed by atoms with Gasteiger partial charge in [0.05, 0.1) is 41.3 Å². The van der Waals surface area contributed by atoms with E-state index in [4.69, 9.17) is 9.47 Å². The normalized spacial score (nSPS) is 14.9. The van der Waals surface area contributed by atoms with Crippen LogP contribution < -0.4 is 4.74 Å². The van der Waals surface area contributed by atoms with Crippen molar-refractivity contribution in [3.05, 3.63) is 92.6 Å². The summed E-state index contributed by atoms with van der Waals surface area (Å²) in [4.78, 5) is 4.26. The van der Waals surface area contributed by atoms with Crippen LogP contribution in [-0.2, 0) is 20.6 Å². The molecular weight excluding hydrogens is 857 g/mol. The fraction of sp³-hybridized carbons (Fsp3) is 0.269. The van der Waals surface area contributed by atoms with E-state index in [0.29, 0.717) is 21.8 Å². The first kappa shape index (κ1) is 31.9. The lowest BCUT2D eigenvalue weighted by Crippen LogP contribution is -2.51. The molecule has 1 aromatic heterocycles. The van der Waals surface area contributed by atoms with E-state index in [1.807, 2.05) is 52.4 Å². The third-order valence-electron chi connectivity index (χ3n) is 5.57. The van der Waals surface area contributed by atoms with E-state index < -0.39 is 20.9 Å². The molecule has 0 amide bonds. The molecule has 2 atom stereocenters. The maximum Gasteiger partial charge on any atom is 0.237 e. The van der Waals surface area contributed by atoms with Gasteiger partial charge in [0.1, 0.15) is 36.1 Å². The average Bonchev–Trinajstić information content (AvgIpc) is 2.89. The predicted octanol–water partition coefficient (Wildman–Crippen LogP) is 7.86. The Balaban J connectivity index is 1.96. The van der Waals surface area contributed by atoms with Crippen LogP contribution in [0.2, 0.25) is 0 Å². The molecule has 0 saturated heterocycles. The minimum absolute atomic E-state index is 0.0804. The molecule has 0 fully saturated rings.